The molecule has 1 aliphatic rings. The van der Waals surface area contributed by atoms with E-state index in [0.29, 0.717) is 25.5 Å². The maximum Gasteiger partial charge on any atom is 0.220 e. The molecule has 2 aromatic rings. The lowest BCUT2D eigenvalue weighted by Crippen LogP contribution is -2.34. The van der Waals surface area contributed by atoms with Crippen molar-refractivity contribution in [1.29, 1.82) is 0 Å². The molecule has 0 spiro atoms. The van der Waals surface area contributed by atoms with E-state index in [1.807, 2.05) is 42.5 Å². The monoisotopic (exact) mass is 357 g/mol. The molecule has 0 saturated heterocycles. The summed E-state index contributed by atoms with van der Waals surface area (Å²) < 4.78 is 10.9. The van der Waals surface area contributed by atoms with E-state index < -0.39 is 0 Å². The third kappa shape index (κ3) is 5.16. The highest BCUT2D eigenvalue weighted by molar-refractivity contribution is 7.99. The van der Waals surface area contributed by atoms with Gasteiger partial charge in [-0.15, -0.1) is 11.8 Å². The molecule has 0 fully saturated rings. The molecule has 4 nitrogen and oxygen atoms in total. The molecule has 3 rings (SSSR count). The fourth-order valence-corrected chi connectivity index (χ4v) is 3.65. The molecule has 0 radical (unpaired) electrons. The van der Waals surface area contributed by atoms with Gasteiger partial charge in [0.2, 0.25) is 5.91 Å². The van der Waals surface area contributed by atoms with Gasteiger partial charge < -0.3 is 14.8 Å². The van der Waals surface area contributed by atoms with Crippen molar-refractivity contribution < 1.29 is 14.3 Å². The van der Waals surface area contributed by atoms with Gasteiger partial charge in [0, 0.05) is 29.5 Å². The van der Waals surface area contributed by atoms with Crippen molar-refractivity contribution in [2.75, 3.05) is 26.0 Å². The molecular weight excluding hydrogens is 334 g/mol. The predicted octanol–water partition coefficient (Wildman–Crippen LogP) is 3.54. The van der Waals surface area contributed by atoms with Crippen molar-refractivity contribution in [1.82, 2.24) is 5.32 Å². The summed E-state index contributed by atoms with van der Waals surface area (Å²) >= 11 is 1.68. The normalized spacial score (nSPS) is 15.8. The van der Waals surface area contributed by atoms with E-state index in [2.05, 4.69) is 11.4 Å². The highest BCUT2D eigenvalue weighted by Crippen LogP contribution is 2.26. The molecule has 0 saturated carbocycles. The number of benzene rings is 2. The van der Waals surface area contributed by atoms with Crippen molar-refractivity contribution in [3.63, 3.8) is 0 Å². The van der Waals surface area contributed by atoms with Crippen molar-refractivity contribution in [3.8, 4) is 11.5 Å². The van der Waals surface area contributed by atoms with Crippen LogP contribution in [0.5, 0.6) is 11.5 Å². The number of carbonyl (C=O) groups is 1. The molecule has 132 valence electrons. The van der Waals surface area contributed by atoms with E-state index in [1.54, 1.807) is 18.9 Å². The van der Waals surface area contributed by atoms with Gasteiger partial charge in [-0.25, -0.2) is 0 Å². The molecule has 1 aliphatic heterocycles. The lowest BCUT2D eigenvalue weighted by molar-refractivity contribution is -0.120. The third-order valence-corrected chi connectivity index (χ3v) is 5.21. The summed E-state index contributed by atoms with van der Waals surface area (Å²) in [6.07, 6.45) is 1.47. The summed E-state index contributed by atoms with van der Waals surface area (Å²) in [6.45, 7) is 1.33. The fraction of sp³-hybridized carbons (Fsp3) is 0.350. The second-order valence-electron chi connectivity index (χ2n) is 6.07. The molecule has 1 amide bonds. The number of carbonyl (C=O) groups excluding carboxylic acids is 1. The van der Waals surface area contributed by atoms with Crippen LogP contribution in [0.2, 0.25) is 0 Å². The van der Waals surface area contributed by atoms with Gasteiger partial charge in [0.15, 0.2) is 0 Å². The van der Waals surface area contributed by atoms with Gasteiger partial charge in [-0.1, -0.05) is 18.2 Å². The van der Waals surface area contributed by atoms with E-state index in [9.17, 15) is 4.79 Å². The lowest BCUT2D eigenvalue weighted by Gasteiger charge is -2.25. The van der Waals surface area contributed by atoms with E-state index in [4.69, 9.17) is 9.47 Å². The topological polar surface area (TPSA) is 47.6 Å². The van der Waals surface area contributed by atoms with Gasteiger partial charge in [-0.2, -0.15) is 0 Å². The van der Waals surface area contributed by atoms with Crippen LogP contribution < -0.4 is 14.8 Å². The van der Waals surface area contributed by atoms with Gasteiger partial charge >= 0.3 is 0 Å². The summed E-state index contributed by atoms with van der Waals surface area (Å²) in [6, 6.07) is 16.0. The highest BCUT2D eigenvalue weighted by atomic mass is 32.2. The van der Waals surface area contributed by atoms with Crippen LogP contribution in [-0.4, -0.2) is 31.9 Å². The summed E-state index contributed by atoms with van der Waals surface area (Å²) in [7, 11) is 1.66. The maximum absolute atomic E-state index is 12.0. The Morgan fingerprint density at radius 1 is 1.24 bits per heavy atom. The Kier molecular flexibility index (Phi) is 6.23. The van der Waals surface area contributed by atoms with Gasteiger partial charge in [0.1, 0.15) is 11.5 Å². The number of nitrogens with one attached hydrogen (secondary N) is 1. The smallest absolute Gasteiger partial charge is 0.220 e. The summed E-state index contributed by atoms with van der Waals surface area (Å²) in [5.41, 5.74) is 1.23. The quantitative estimate of drug-likeness (QED) is 0.770. The number of para-hydroxylation sites is 1. The molecular formula is C20H23NO3S. The number of rotatable bonds is 7. The minimum atomic E-state index is 0.0971. The zero-order valence-corrected chi connectivity index (χ0v) is 15.2. The van der Waals surface area contributed by atoms with Crippen LogP contribution in [-0.2, 0) is 11.2 Å². The number of thioether (sulfide) groups is 1. The maximum atomic E-state index is 12.0. The molecule has 1 unspecified atom stereocenters. The van der Waals surface area contributed by atoms with Crippen LogP contribution >= 0.6 is 11.8 Å². The van der Waals surface area contributed by atoms with Gasteiger partial charge in [0.25, 0.3) is 0 Å². The number of ether oxygens (including phenoxy) is 2. The zero-order valence-electron chi connectivity index (χ0n) is 14.4. The summed E-state index contributed by atoms with van der Waals surface area (Å²) in [5, 5.41) is 3.04. The fourth-order valence-electron chi connectivity index (χ4n) is 2.80. The Morgan fingerprint density at radius 3 is 2.84 bits per heavy atom. The average Bonchev–Trinajstić information content (AvgIpc) is 2.67. The first-order valence-electron chi connectivity index (χ1n) is 8.49. The van der Waals surface area contributed by atoms with Crippen LogP contribution in [0, 0.1) is 5.92 Å². The van der Waals surface area contributed by atoms with E-state index in [1.165, 1.54) is 5.56 Å². The van der Waals surface area contributed by atoms with Crippen LogP contribution in [0.1, 0.15) is 12.0 Å². The summed E-state index contributed by atoms with van der Waals surface area (Å²) in [4.78, 5) is 13.2. The van der Waals surface area contributed by atoms with Crippen LogP contribution in [0.25, 0.3) is 0 Å². The zero-order chi connectivity index (χ0) is 17.5. The van der Waals surface area contributed by atoms with Crippen molar-refractivity contribution in [2.24, 2.45) is 5.92 Å². The highest BCUT2D eigenvalue weighted by Gasteiger charge is 2.19. The first-order valence-corrected chi connectivity index (χ1v) is 9.47. The Hall–Kier alpha value is -2.14. The van der Waals surface area contributed by atoms with E-state index >= 15 is 0 Å². The molecule has 25 heavy (non-hydrogen) atoms. The van der Waals surface area contributed by atoms with Crippen LogP contribution in [0.3, 0.4) is 0 Å². The molecule has 1 heterocycles. The number of hydrogen-bond donors (Lipinski definition) is 1. The minimum absolute atomic E-state index is 0.0971. The Labute approximate surface area is 152 Å². The summed E-state index contributed by atoms with van der Waals surface area (Å²) in [5.74, 6) is 3.02. The molecule has 5 heteroatoms. The largest absolute Gasteiger partial charge is 0.497 e. The van der Waals surface area contributed by atoms with Crippen molar-refractivity contribution in [3.05, 3.63) is 54.1 Å². The Bertz CT molecular complexity index is 702. The number of hydrogen-bond acceptors (Lipinski definition) is 4. The SMILES string of the molecule is COc1ccc(SCCC(=O)NCC2COc3ccccc3C2)cc1. The molecule has 1 atom stereocenters. The van der Waals surface area contributed by atoms with Gasteiger partial charge in [0.05, 0.1) is 13.7 Å². The molecule has 0 aliphatic carbocycles. The van der Waals surface area contributed by atoms with Gasteiger partial charge in [-0.3, -0.25) is 4.79 Å². The second-order valence-corrected chi connectivity index (χ2v) is 7.24. The van der Waals surface area contributed by atoms with Crippen LogP contribution in [0.4, 0.5) is 0 Å². The minimum Gasteiger partial charge on any atom is -0.497 e. The van der Waals surface area contributed by atoms with Crippen LogP contribution in [0.15, 0.2) is 53.4 Å². The molecule has 1 N–H and O–H groups in total. The number of fused-ring (bicyclic) bond motifs is 1. The van der Waals surface area contributed by atoms with E-state index in [0.717, 1.165) is 28.6 Å². The average molecular weight is 357 g/mol. The molecule has 2 aromatic carbocycles. The standard InChI is InChI=1S/C20H23NO3S/c1-23-17-6-8-18(9-7-17)25-11-10-20(22)21-13-15-12-16-4-2-3-5-19(16)24-14-15/h2-9,15H,10-14H2,1H3,(H,21,22). The van der Waals surface area contributed by atoms with Crippen molar-refractivity contribution in [2.45, 2.75) is 17.7 Å². The Balaban J connectivity index is 1.35. The van der Waals surface area contributed by atoms with Crippen molar-refractivity contribution >= 4 is 17.7 Å². The third-order valence-electron chi connectivity index (χ3n) is 4.20. The lowest BCUT2D eigenvalue weighted by atomic mass is 9.97. The predicted molar refractivity (Wildman–Crippen MR) is 100 cm³/mol. The first kappa shape index (κ1) is 17.7. The van der Waals surface area contributed by atoms with E-state index in [-0.39, 0.29) is 5.91 Å². The van der Waals surface area contributed by atoms with Gasteiger partial charge in [-0.05, 0) is 42.3 Å². The molecule has 0 aromatic heterocycles. The molecule has 0 bridgehead atoms. The Morgan fingerprint density at radius 2 is 2.04 bits per heavy atom. The second kappa shape index (κ2) is 8.81. The first-order chi connectivity index (χ1) is 12.2. The number of amides is 1. The number of methoxy groups -OCH3 is 1.